The van der Waals surface area contributed by atoms with Crippen LogP contribution in [0.2, 0.25) is 0 Å². The fraction of sp³-hybridized carbons (Fsp3) is 0.400. The van der Waals surface area contributed by atoms with E-state index in [1.54, 1.807) is 10.7 Å². The van der Waals surface area contributed by atoms with Crippen molar-refractivity contribution in [2.24, 2.45) is 0 Å². The van der Waals surface area contributed by atoms with Crippen molar-refractivity contribution in [3.8, 4) is 0 Å². The van der Waals surface area contributed by atoms with E-state index in [0.717, 1.165) is 30.1 Å². The Hall–Kier alpha value is -2.37. The molecule has 0 saturated carbocycles. The zero-order valence-corrected chi connectivity index (χ0v) is 12.7. The standard InChI is InChI=1S/C15H21N5O/c1-4-13-18-14(5-2)20(19-13)9-15(21)17-11-7-6-10(3)12(16)8-11/h6-8H,4-5,9,16H2,1-3H3,(H,17,21). The van der Waals surface area contributed by atoms with Gasteiger partial charge < -0.3 is 11.1 Å². The second-order valence-electron chi connectivity index (χ2n) is 4.93. The number of rotatable bonds is 5. The van der Waals surface area contributed by atoms with Gasteiger partial charge in [-0.3, -0.25) is 4.79 Å². The van der Waals surface area contributed by atoms with E-state index in [-0.39, 0.29) is 12.5 Å². The minimum atomic E-state index is -0.138. The highest BCUT2D eigenvalue weighted by atomic mass is 16.2. The molecule has 0 atom stereocenters. The molecule has 0 unspecified atom stereocenters. The molecule has 0 aliphatic carbocycles. The van der Waals surface area contributed by atoms with Gasteiger partial charge in [0, 0.05) is 24.2 Å². The van der Waals surface area contributed by atoms with Crippen LogP contribution in [0.5, 0.6) is 0 Å². The second-order valence-corrected chi connectivity index (χ2v) is 4.93. The minimum Gasteiger partial charge on any atom is -0.398 e. The molecule has 0 aliphatic rings. The van der Waals surface area contributed by atoms with Gasteiger partial charge in [0.1, 0.15) is 12.4 Å². The van der Waals surface area contributed by atoms with Gasteiger partial charge in [-0.05, 0) is 24.6 Å². The first-order valence-electron chi connectivity index (χ1n) is 7.12. The Labute approximate surface area is 124 Å². The summed E-state index contributed by atoms with van der Waals surface area (Å²) in [6.45, 7) is 6.08. The number of nitrogens with one attached hydrogen (secondary N) is 1. The Bertz CT molecular complexity index is 648. The minimum absolute atomic E-state index is 0.138. The van der Waals surface area contributed by atoms with E-state index in [0.29, 0.717) is 11.4 Å². The van der Waals surface area contributed by atoms with Crippen molar-refractivity contribution < 1.29 is 4.79 Å². The van der Waals surface area contributed by atoms with Crippen LogP contribution in [0, 0.1) is 6.92 Å². The van der Waals surface area contributed by atoms with Gasteiger partial charge in [0.25, 0.3) is 0 Å². The van der Waals surface area contributed by atoms with Gasteiger partial charge in [0.2, 0.25) is 5.91 Å². The largest absolute Gasteiger partial charge is 0.398 e. The predicted molar refractivity (Wildman–Crippen MR) is 83.0 cm³/mol. The molecule has 21 heavy (non-hydrogen) atoms. The molecule has 0 radical (unpaired) electrons. The molecule has 1 amide bonds. The first kappa shape index (κ1) is 15.0. The van der Waals surface area contributed by atoms with Crippen LogP contribution in [-0.4, -0.2) is 20.7 Å². The normalized spacial score (nSPS) is 10.6. The lowest BCUT2D eigenvalue weighted by molar-refractivity contribution is -0.116. The summed E-state index contributed by atoms with van der Waals surface area (Å²) in [5.74, 6) is 1.45. The van der Waals surface area contributed by atoms with Crippen molar-refractivity contribution in [2.45, 2.75) is 40.2 Å². The third-order valence-electron chi connectivity index (χ3n) is 3.28. The maximum atomic E-state index is 12.1. The number of carbonyl (C=O) groups is 1. The smallest absolute Gasteiger partial charge is 0.246 e. The Balaban J connectivity index is 2.07. The van der Waals surface area contributed by atoms with Gasteiger partial charge >= 0.3 is 0 Å². The topological polar surface area (TPSA) is 85.8 Å². The summed E-state index contributed by atoms with van der Waals surface area (Å²) in [5, 5.41) is 7.16. The SMILES string of the molecule is CCc1nc(CC)n(CC(=O)Nc2ccc(C)c(N)c2)n1. The summed E-state index contributed by atoms with van der Waals surface area (Å²) >= 11 is 0. The van der Waals surface area contributed by atoms with Crippen LogP contribution < -0.4 is 11.1 Å². The number of nitrogens with zero attached hydrogens (tertiary/aromatic N) is 3. The van der Waals surface area contributed by atoms with Crippen LogP contribution in [0.4, 0.5) is 11.4 Å². The molecule has 0 aliphatic heterocycles. The number of hydrogen-bond donors (Lipinski definition) is 2. The maximum Gasteiger partial charge on any atom is 0.246 e. The Morgan fingerprint density at radius 3 is 2.71 bits per heavy atom. The lowest BCUT2D eigenvalue weighted by atomic mass is 10.2. The van der Waals surface area contributed by atoms with Gasteiger partial charge in [-0.15, -0.1) is 0 Å². The lowest BCUT2D eigenvalue weighted by Gasteiger charge is -2.08. The summed E-state index contributed by atoms with van der Waals surface area (Å²) in [7, 11) is 0. The highest BCUT2D eigenvalue weighted by molar-refractivity contribution is 5.91. The van der Waals surface area contributed by atoms with Crippen LogP contribution in [-0.2, 0) is 24.2 Å². The fourth-order valence-corrected chi connectivity index (χ4v) is 2.02. The molecular formula is C15H21N5O. The molecule has 3 N–H and O–H groups in total. The summed E-state index contributed by atoms with van der Waals surface area (Å²) in [6, 6.07) is 5.48. The molecule has 2 aromatic rings. The van der Waals surface area contributed by atoms with Gasteiger partial charge in [-0.2, -0.15) is 5.10 Å². The van der Waals surface area contributed by atoms with Crippen LogP contribution in [0.15, 0.2) is 18.2 Å². The average Bonchev–Trinajstić information content (AvgIpc) is 2.85. The molecule has 2 rings (SSSR count). The van der Waals surface area contributed by atoms with Crippen molar-refractivity contribution >= 4 is 17.3 Å². The highest BCUT2D eigenvalue weighted by Gasteiger charge is 2.11. The number of anilines is 2. The van der Waals surface area contributed by atoms with Gasteiger partial charge in [-0.25, -0.2) is 9.67 Å². The molecule has 0 fully saturated rings. The van der Waals surface area contributed by atoms with Gasteiger partial charge in [-0.1, -0.05) is 19.9 Å². The predicted octanol–water partition coefficient (Wildman–Crippen LogP) is 1.93. The maximum absolute atomic E-state index is 12.1. The van der Waals surface area contributed by atoms with Crippen molar-refractivity contribution in [1.82, 2.24) is 14.8 Å². The van der Waals surface area contributed by atoms with E-state index in [9.17, 15) is 4.79 Å². The number of nitrogen functional groups attached to an aromatic ring is 1. The summed E-state index contributed by atoms with van der Waals surface area (Å²) < 4.78 is 1.66. The molecule has 0 saturated heterocycles. The quantitative estimate of drug-likeness (QED) is 0.823. The van der Waals surface area contributed by atoms with E-state index in [4.69, 9.17) is 5.73 Å². The molecule has 1 aromatic heterocycles. The van der Waals surface area contributed by atoms with Crippen LogP contribution in [0.1, 0.15) is 31.1 Å². The molecule has 6 nitrogen and oxygen atoms in total. The molecule has 112 valence electrons. The number of amides is 1. The van der Waals surface area contributed by atoms with E-state index < -0.39 is 0 Å². The summed E-state index contributed by atoms with van der Waals surface area (Å²) in [5.41, 5.74) is 8.18. The van der Waals surface area contributed by atoms with E-state index in [1.165, 1.54) is 0 Å². The molecule has 0 bridgehead atoms. The first-order chi connectivity index (χ1) is 10.0. The molecular weight excluding hydrogens is 266 g/mol. The number of aromatic nitrogens is 3. The molecule has 6 heteroatoms. The Kier molecular flexibility index (Phi) is 4.57. The zero-order chi connectivity index (χ0) is 15.4. The lowest BCUT2D eigenvalue weighted by Crippen LogP contribution is -2.21. The zero-order valence-electron chi connectivity index (χ0n) is 12.7. The monoisotopic (exact) mass is 287 g/mol. The molecule has 1 heterocycles. The highest BCUT2D eigenvalue weighted by Crippen LogP contribution is 2.16. The summed E-state index contributed by atoms with van der Waals surface area (Å²) in [4.78, 5) is 16.5. The molecule has 0 spiro atoms. The number of carbonyl (C=O) groups excluding carboxylic acids is 1. The van der Waals surface area contributed by atoms with Crippen molar-refractivity contribution in [3.05, 3.63) is 35.4 Å². The number of hydrogen-bond acceptors (Lipinski definition) is 4. The van der Waals surface area contributed by atoms with Crippen molar-refractivity contribution in [2.75, 3.05) is 11.1 Å². The van der Waals surface area contributed by atoms with Crippen LogP contribution in [0.3, 0.4) is 0 Å². The second kappa shape index (κ2) is 6.39. The van der Waals surface area contributed by atoms with Crippen LogP contribution >= 0.6 is 0 Å². The number of benzene rings is 1. The summed E-state index contributed by atoms with van der Waals surface area (Å²) in [6.07, 6.45) is 1.51. The Morgan fingerprint density at radius 2 is 2.10 bits per heavy atom. The number of aryl methyl sites for hydroxylation is 3. The van der Waals surface area contributed by atoms with Crippen molar-refractivity contribution in [3.63, 3.8) is 0 Å². The van der Waals surface area contributed by atoms with E-state index in [1.807, 2.05) is 32.9 Å². The van der Waals surface area contributed by atoms with Gasteiger partial charge in [0.05, 0.1) is 0 Å². The van der Waals surface area contributed by atoms with E-state index in [2.05, 4.69) is 15.4 Å². The average molecular weight is 287 g/mol. The fourth-order valence-electron chi connectivity index (χ4n) is 2.02. The van der Waals surface area contributed by atoms with Crippen LogP contribution in [0.25, 0.3) is 0 Å². The third-order valence-corrected chi connectivity index (χ3v) is 3.28. The Morgan fingerprint density at radius 1 is 1.33 bits per heavy atom. The van der Waals surface area contributed by atoms with Crippen molar-refractivity contribution in [1.29, 1.82) is 0 Å². The van der Waals surface area contributed by atoms with E-state index >= 15 is 0 Å². The van der Waals surface area contributed by atoms with Gasteiger partial charge in [0.15, 0.2) is 5.82 Å². The third kappa shape index (κ3) is 3.59. The first-order valence-corrected chi connectivity index (χ1v) is 7.12. The molecule has 1 aromatic carbocycles. The number of nitrogens with two attached hydrogens (primary N) is 1.